The Morgan fingerprint density at radius 2 is 1.84 bits per heavy atom. The molecule has 2 saturated carbocycles. The van der Waals surface area contributed by atoms with Gasteiger partial charge in [-0.2, -0.15) is 4.98 Å². The van der Waals surface area contributed by atoms with Crippen LogP contribution < -0.4 is 5.32 Å². The van der Waals surface area contributed by atoms with E-state index in [1.807, 2.05) is 0 Å². The summed E-state index contributed by atoms with van der Waals surface area (Å²) in [6.45, 7) is 0.754. The minimum Gasteiger partial charge on any atom is -0.343 e. The Hall–Kier alpha value is -0.900. The Morgan fingerprint density at radius 3 is 2.63 bits per heavy atom. The first-order valence-electron chi connectivity index (χ1n) is 7.92. The number of nitrogens with one attached hydrogen (secondary N) is 1. The average Bonchev–Trinajstić information content (AvgIpc) is 3.00. The number of hydrogen-bond donors (Lipinski definition) is 1. The third kappa shape index (κ3) is 3.35. The summed E-state index contributed by atoms with van der Waals surface area (Å²) in [5, 5.41) is 7.58. The van der Waals surface area contributed by atoms with Gasteiger partial charge in [0.15, 0.2) is 5.82 Å². The van der Waals surface area contributed by atoms with Gasteiger partial charge in [-0.3, -0.25) is 0 Å². The van der Waals surface area contributed by atoms with Crippen LogP contribution in [-0.4, -0.2) is 16.2 Å². The minimum absolute atomic E-state index is 0.662. The summed E-state index contributed by atoms with van der Waals surface area (Å²) in [7, 11) is 0. The van der Waals surface area contributed by atoms with Crippen LogP contribution in [0.5, 0.6) is 0 Å². The van der Waals surface area contributed by atoms with E-state index in [0.29, 0.717) is 6.04 Å². The van der Waals surface area contributed by atoms with E-state index in [9.17, 15) is 0 Å². The molecule has 0 aliphatic heterocycles. The topological polar surface area (TPSA) is 51.0 Å². The molecule has 0 bridgehead atoms. The third-order valence-electron chi connectivity index (χ3n) is 5.00. The maximum absolute atomic E-state index is 4.80. The second-order valence-electron chi connectivity index (χ2n) is 6.18. The van der Waals surface area contributed by atoms with Crippen molar-refractivity contribution < 1.29 is 4.52 Å². The fourth-order valence-corrected chi connectivity index (χ4v) is 4.03. The molecule has 2 fully saturated rings. The van der Waals surface area contributed by atoms with Crippen molar-refractivity contribution in [2.45, 2.75) is 70.4 Å². The molecule has 2 aliphatic carbocycles. The number of aromatic nitrogens is 2. The van der Waals surface area contributed by atoms with Gasteiger partial charge in [-0.05, 0) is 24.7 Å². The standard InChI is InChI=1S/C15H25N3O/c1-2-6-12(7-3-1)13-8-4-5-9-14(13)16-10-15-17-11-19-18-15/h11-14,16H,1-10H2. The molecule has 4 heteroatoms. The van der Waals surface area contributed by atoms with Gasteiger partial charge in [0.2, 0.25) is 6.39 Å². The van der Waals surface area contributed by atoms with Crippen LogP contribution in [0, 0.1) is 11.8 Å². The quantitative estimate of drug-likeness (QED) is 0.905. The molecule has 0 amide bonds. The fraction of sp³-hybridized carbons (Fsp3) is 0.867. The maximum atomic E-state index is 4.80. The molecule has 0 spiro atoms. The molecule has 4 nitrogen and oxygen atoms in total. The van der Waals surface area contributed by atoms with Crippen molar-refractivity contribution in [3.63, 3.8) is 0 Å². The number of hydrogen-bond acceptors (Lipinski definition) is 4. The normalized spacial score (nSPS) is 29.5. The van der Waals surface area contributed by atoms with Gasteiger partial charge in [0.1, 0.15) is 0 Å². The van der Waals surface area contributed by atoms with Crippen LogP contribution >= 0.6 is 0 Å². The highest BCUT2D eigenvalue weighted by Crippen LogP contribution is 2.38. The van der Waals surface area contributed by atoms with Crippen LogP contribution in [0.1, 0.15) is 63.6 Å². The van der Waals surface area contributed by atoms with Gasteiger partial charge in [-0.25, -0.2) is 0 Å². The third-order valence-corrected chi connectivity index (χ3v) is 5.00. The van der Waals surface area contributed by atoms with Gasteiger partial charge in [0.25, 0.3) is 0 Å². The van der Waals surface area contributed by atoms with Crippen LogP contribution in [0.2, 0.25) is 0 Å². The predicted octanol–water partition coefficient (Wildman–Crippen LogP) is 3.30. The number of rotatable bonds is 4. The maximum Gasteiger partial charge on any atom is 0.213 e. The van der Waals surface area contributed by atoms with Gasteiger partial charge >= 0.3 is 0 Å². The Labute approximate surface area is 115 Å². The second-order valence-corrected chi connectivity index (χ2v) is 6.18. The van der Waals surface area contributed by atoms with Crippen LogP contribution in [0.25, 0.3) is 0 Å². The molecular weight excluding hydrogens is 238 g/mol. The van der Waals surface area contributed by atoms with Gasteiger partial charge in [-0.15, -0.1) is 0 Å². The Bertz CT molecular complexity index is 359. The summed E-state index contributed by atoms with van der Waals surface area (Å²) in [5.41, 5.74) is 0. The first-order valence-corrected chi connectivity index (χ1v) is 7.92. The summed E-state index contributed by atoms with van der Waals surface area (Å²) >= 11 is 0. The fourth-order valence-electron chi connectivity index (χ4n) is 4.03. The van der Waals surface area contributed by atoms with Crippen molar-refractivity contribution in [2.24, 2.45) is 11.8 Å². The van der Waals surface area contributed by atoms with E-state index in [0.717, 1.165) is 24.2 Å². The van der Waals surface area contributed by atoms with Crippen LogP contribution in [0.15, 0.2) is 10.9 Å². The molecule has 2 unspecified atom stereocenters. The number of nitrogens with zero attached hydrogens (tertiary/aromatic N) is 2. The first-order chi connectivity index (χ1) is 9.43. The van der Waals surface area contributed by atoms with E-state index in [4.69, 9.17) is 4.52 Å². The lowest BCUT2D eigenvalue weighted by atomic mass is 9.71. The molecule has 0 aromatic carbocycles. The molecule has 2 atom stereocenters. The van der Waals surface area contributed by atoms with Crippen molar-refractivity contribution in [2.75, 3.05) is 0 Å². The molecule has 3 rings (SSSR count). The predicted molar refractivity (Wildman–Crippen MR) is 73.5 cm³/mol. The van der Waals surface area contributed by atoms with E-state index in [2.05, 4.69) is 15.5 Å². The molecule has 0 radical (unpaired) electrons. The molecule has 1 aromatic rings. The summed E-state index contributed by atoms with van der Waals surface area (Å²) in [4.78, 5) is 4.10. The van der Waals surface area contributed by atoms with Crippen LogP contribution in [0.3, 0.4) is 0 Å². The van der Waals surface area contributed by atoms with E-state index in [1.165, 1.54) is 64.2 Å². The highest BCUT2D eigenvalue weighted by atomic mass is 16.5. The van der Waals surface area contributed by atoms with Gasteiger partial charge in [0, 0.05) is 6.04 Å². The summed E-state index contributed by atoms with van der Waals surface area (Å²) in [6, 6.07) is 0.662. The molecule has 1 N–H and O–H groups in total. The molecule has 106 valence electrons. The lowest BCUT2D eigenvalue weighted by Gasteiger charge is -2.39. The molecule has 19 heavy (non-hydrogen) atoms. The van der Waals surface area contributed by atoms with Crippen molar-refractivity contribution in [3.05, 3.63) is 12.2 Å². The van der Waals surface area contributed by atoms with E-state index in [1.54, 1.807) is 0 Å². The average molecular weight is 263 g/mol. The SMILES string of the molecule is c1nc(CNC2CCCCC2C2CCCCC2)no1. The summed E-state index contributed by atoms with van der Waals surface area (Å²) in [6.07, 6.45) is 14.2. The highest BCUT2D eigenvalue weighted by Gasteiger charge is 2.32. The van der Waals surface area contributed by atoms with Gasteiger partial charge in [0.05, 0.1) is 6.54 Å². The largest absolute Gasteiger partial charge is 0.343 e. The Balaban J connectivity index is 1.56. The van der Waals surface area contributed by atoms with Crippen molar-refractivity contribution in [1.29, 1.82) is 0 Å². The van der Waals surface area contributed by atoms with Crippen molar-refractivity contribution in [1.82, 2.24) is 15.5 Å². The summed E-state index contributed by atoms with van der Waals surface area (Å²) < 4.78 is 4.80. The zero-order valence-electron chi connectivity index (χ0n) is 11.7. The Morgan fingerprint density at radius 1 is 1.05 bits per heavy atom. The minimum atomic E-state index is 0.662. The lowest BCUT2D eigenvalue weighted by Crippen LogP contribution is -2.42. The van der Waals surface area contributed by atoms with Crippen LogP contribution in [0.4, 0.5) is 0 Å². The van der Waals surface area contributed by atoms with E-state index in [-0.39, 0.29) is 0 Å². The first kappa shape index (κ1) is 13.1. The van der Waals surface area contributed by atoms with E-state index < -0.39 is 0 Å². The van der Waals surface area contributed by atoms with E-state index >= 15 is 0 Å². The van der Waals surface area contributed by atoms with Crippen LogP contribution in [-0.2, 0) is 6.54 Å². The highest BCUT2D eigenvalue weighted by molar-refractivity contribution is 4.88. The van der Waals surface area contributed by atoms with Crippen molar-refractivity contribution in [3.8, 4) is 0 Å². The zero-order chi connectivity index (χ0) is 12.9. The van der Waals surface area contributed by atoms with Gasteiger partial charge in [-0.1, -0.05) is 50.1 Å². The Kier molecular flexibility index (Phi) is 4.49. The molecule has 1 heterocycles. The molecule has 0 saturated heterocycles. The molecule has 2 aliphatic rings. The smallest absolute Gasteiger partial charge is 0.213 e. The lowest BCUT2D eigenvalue weighted by molar-refractivity contribution is 0.148. The summed E-state index contributed by atoms with van der Waals surface area (Å²) in [5.74, 6) is 2.62. The van der Waals surface area contributed by atoms with Crippen molar-refractivity contribution >= 4 is 0 Å². The molecular formula is C15H25N3O. The zero-order valence-corrected chi connectivity index (χ0v) is 11.7. The van der Waals surface area contributed by atoms with Gasteiger partial charge < -0.3 is 9.84 Å². The second kappa shape index (κ2) is 6.51. The molecule has 1 aromatic heterocycles. The monoisotopic (exact) mass is 263 g/mol.